The molecule has 0 aromatic carbocycles. The molecule has 2 aliphatic heterocycles. The Morgan fingerprint density at radius 3 is 2.53 bits per heavy atom. The fourth-order valence-corrected chi connectivity index (χ4v) is 2.78. The summed E-state index contributed by atoms with van der Waals surface area (Å²) in [6.45, 7) is 10.5. The van der Waals surface area contributed by atoms with Gasteiger partial charge in [0.25, 0.3) is 0 Å². The van der Waals surface area contributed by atoms with Crippen LogP contribution >= 0.6 is 0 Å². The van der Waals surface area contributed by atoms with Gasteiger partial charge in [0, 0.05) is 26.3 Å². The zero-order valence-corrected chi connectivity index (χ0v) is 11.3. The van der Waals surface area contributed by atoms with Gasteiger partial charge in [-0.15, -0.1) is 0 Å². The molecular formula is C14H28N2O. The zero-order chi connectivity index (χ0) is 11.9. The van der Waals surface area contributed by atoms with Crippen LogP contribution in [-0.4, -0.2) is 50.8 Å². The average Bonchev–Trinajstić information content (AvgIpc) is 2.38. The first-order valence-electron chi connectivity index (χ1n) is 7.35. The van der Waals surface area contributed by atoms with E-state index in [1.807, 2.05) is 0 Å². The smallest absolute Gasteiger partial charge is 0.0469 e. The molecule has 2 rings (SSSR count). The van der Waals surface area contributed by atoms with Crippen LogP contribution in [0.15, 0.2) is 0 Å². The zero-order valence-electron chi connectivity index (χ0n) is 11.3. The molecule has 2 fully saturated rings. The minimum absolute atomic E-state index is 0.852. The molecule has 0 amide bonds. The molecule has 0 aromatic heterocycles. The highest BCUT2D eigenvalue weighted by molar-refractivity contribution is 4.71. The van der Waals surface area contributed by atoms with Crippen LogP contribution in [0.4, 0.5) is 0 Å². The van der Waals surface area contributed by atoms with Crippen LogP contribution in [0.5, 0.6) is 0 Å². The van der Waals surface area contributed by atoms with Gasteiger partial charge in [-0.3, -0.25) is 0 Å². The highest BCUT2D eigenvalue weighted by atomic mass is 16.5. The number of hydrogen-bond donors (Lipinski definition) is 1. The normalized spacial score (nSPS) is 25.2. The highest BCUT2D eigenvalue weighted by Crippen LogP contribution is 2.15. The van der Waals surface area contributed by atoms with E-state index in [0.717, 1.165) is 31.6 Å². The van der Waals surface area contributed by atoms with Crippen LogP contribution in [0.1, 0.15) is 32.6 Å². The topological polar surface area (TPSA) is 24.5 Å². The van der Waals surface area contributed by atoms with Gasteiger partial charge in [-0.1, -0.05) is 6.92 Å². The van der Waals surface area contributed by atoms with Crippen molar-refractivity contribution < 1.29 is 4.74 Å². The lowest BCUT2D eigenvalue weighted by atomic mass is 9.99. The van der Waals surface area contributed by atoms with E-state index in [1.54, 1.807) is 0 Å². The van der Waals surface area contributed by atoms with Crippen molar-refractivity contribution in [2.75, 3.05) is 45.9 Å². The number of piperidine rings is 1. The van der Waals surface area contributed by atoms with E-state index in [4.69, 9.17) is 4.74 Å². The molecule has 0 spiro atoms. The Morgan fingerprint density at radius 2 is 1.82 bits per heavy atom. The van der Waals surface area contributed by atoms with Crippen LogP contribution in [0, 0.1) is 11.8 Å². The summed E-state index contributed by atoms with van der Waals surface area (Å²) in [5.41, 5.74) is 0. The maximum absolute atomic E-state index is 5.38. The molecule has 3 heteroatoms. The van der Waals surface area contributed by atoms with Crippen molar-refractivity contribution in [1.29, 1.82) is 0 Å². The SMILES string of the molecule is CC1CCN(CCNCC2CCOCC2)CC1. The molecule has 0 unspecified atom stereocenters. The summed E-state index contributed by atoms with van der Waals surface area (Å²) in [7, 11) is 0. The maximum Gasteiger partial charge on any atom is 0.0469 e. The Morgan fingerprint density at radius 1 is 1.12 bits per heavy atom. The second-order valence-electron chi connectivity index (χ2n) is 5.78. The van der Waals surface area contributed by atoms with Gasteiger partial charge in [0.2, 0.25) is 0 Å². The number of nitrogens with one attached hydrogen (secondary N) is 1. The van der Waals surface area contributed by atoms with E-state index in [9.17, 15) is 0 Å². The molecule has 0 saturated carbocycles. The van der Waals surface area contributed by atoms with Crippen molar-refractivity contribution in [1.82, 2.24) is 10.2 Å². The molecular weight excluding hydrogens is 212 g/mol. The summed E-state index contributed by atoms with van der Waals surface area (Å²) in [6, 6.07) is 0. The van der Waals surface area contributed by atoms with Gasteiger partial charge in [0.15, 0.2) is 0 Å². The van der Waals surface area contributed by atoms with Gasteiger partial charge in [0.05, 0.1) is 0 Å². The summed E-state index contributed by atoms with van der Waals surface area (Å²) in [6.07, 6.45) is 5.27. The lowest BCUT2D eigenvalue weighted by Crippen LogP contribution is -2.39. The lowest BCUT2D eigenvalue weighted by Gasteiger charge is -2.30. The van der Waals surface area contributed by atoms with E-state index in [1.165, 1.54) is 51.9 Å². The standard InChI is InChI=1S/C14H28N2O/c1-13-2-7-16(8-3-13)9-6-15-12-14-4-10-17-11-5-14/h13-15H,2-12H2,1H3. The van der Waals surface area contributed by atoms with Crippen molar-refractivity contribution >= 4 is 0 Å². The Bertz CT molecular complexity index is 196. The minimum Gasteiger partial charge on any atom is -0.381 e. The molecule has 2 saturated heterocycles. The first-order chi connectivity index (χ1) is 8.34. The van der Waals surface area contributed by atoms with Crippen molar-refractivity contribution in [2.45, 2.75) is 32.6 Å². The van der Waals surface area contributed by atoms with Gasteiger partial charge >= 0.3 is 0 Å². The highest BCUT2D eigenvalue weighted by Gasteiger charge is 2.16. The third-order valence-electron chi connectivity index (χ3n) is 4.25. The van der Waals surface area contributed by atoms with Gasteiger partial charge in [-0.25, -0.2) is 0 Å². The molecule has 3 nitrogen and oxygen atoms in total. The van der Waals surface area contributed by atoms with E-state index < -0.39 is 0 Å². The van der Waals surface area contributed by atoms with E-state index >= 15 is 0 Å². The number of rotatable bonds is 5. The number of hydrogen-bond acceptors (Lipinski definition) is 3. The monoisotopic (exact) mass is 240 g/mol. The largest absolute Gasteiger partial charge is 0.381 e. The van der Waals surface area contributed by atoms with E-state index in [2.05, 4.69) is 17.1 Å². The molecule has 2 aliphatic rings. The van der Waals surface area contributed by atoms with Crippen LogP contribution < -0.4 is 5.32 Å². The molecule has 17 heavy (non-hydrogen) atoms. The first-order valence-corrected chi connectivity index (χ1v) is 7.35. The van der Waals surface area contributed by atoms with Crippen LogP contribution in [0.25, 0.3) is 0 Å². The van der Waals surface area contributed by atoms with Crippen molar-refractivity contribution in [2.24, 2.45) is 11.8 Å². The molecule has 1 N–H and O–H groups in total. The van der Waals surface area contributed by atoms with Gasteiger partial charge in [-0.2, -0.15) is 0 Å². The minimum atomic E-state index is 0.852. The molecule has 100 valence electrons. The molecule has 0 radical (unpaired) electrons. The van der Waals surface area contributed by atoms with Gasteiger partial charge in [0.1, 0.15) is 0 Å². The van der Waals surface area contributed by atoms with Crippen molar-refractivity contribution in [3.8, 4) is 0 Å². The number of nitrogens with zero attached hydrogens (tertiary/aromatic N) is 1. The Labute approximate surface area is 106 Å². The van der Waals surface area contributed by atoms with E-state index in [-0.39, 0.29) is 0 Å². The number of likely N-dealkylation sites (tertiary alicyclic amines) is 1. The Hall–Kier alpha value is -0.120. The van der Waals surface area contributed by atoms with Crippen LogP contribution in [0.2, 0.25) is 0 Å². The van der Waals surface area contributed by atoms with Gasteiger partial charge in [-0.05, 0) is 57.2 Å². The van der Waals surface area contributed by atoms with Crippen LogP contribution in [0.3, 0.4) is 0 Å². The molecule has 0 bridgehead atoms. The summed E-state index contributed by atoms with van der Waals surface area (Å²) in [4.78, 5) is 2.61. The average molecular weight is 240 g/mol. The predicted molar refractivity (Wildman–Crippen MR) is 71.3 cm³/mol. The second kappa shape index (κ2) is 7.34. The quantitative estimate of drug-likeness (QED) is 0.741. The summed E-state index contributed by atoms with van der Waals surface area (Å²) < 4.78 is 5.38. The number of ether oxygens (including phenoxy) is 1. The maximum atomic E-state index is 5.38. The van der Waals surface area contributed by atoms with Crippen molar-refractivity contribution in [3.63, 3.8) is 0 Å². The molecule has 0 aliphatic carbocycles. The van der Waals surface area contributed by atoms with E-state index in [0.29, 0.717) is 0 Å². The summed E-state index contributed by atoms with van der Waals surface area (Å²) in [5, 5.41) is 3.62. The first kappa shape index (κ1) is 13.3. The third kappa shape index (κ3) is 4.94. The summed E-state index contributed by atoms with van der Waals surface area (Å²) in [5.74, 6) is 1.80. The molecule has 0 atom stereocenters. The fourth-order valence-electron chi connectivity index (χ4n) is 2.78. The third-order valence-corrected chi connectivity index (χ3v) is 4.25. The Balaban J connectivity index is 1.48. The fraction of sp³-hybridized carbons (Fsp3) is 1.00. The van der Waals surface area contributed by atoms with Crippen LogP contribution in [-0.2, 0) is 4.74 Å². The predicted octanol–water partition coefficient (Wildman–Crippen LogP) is 1.73. The van der Waals surface area contributed by atoms with Crippen molar-refractivity contribution in [3.05, 3.63) is 0 Å². The van der Waals surface area contributed by atoms with Gasteiger partial charge < -0.3 is 15.0 Å². The lowest BCUT2D eigenvalue weighted by molar-refractivity contribution is 0.0660. The second-order valence-corrected chi connectivity index (χ2v) is 5.78. The summed E-state index contributed by atoms with van der Waals surface area (Å²) >= 11 is 0. The Kier molecular flexibility index (Phi) is 5.75. The molecule has 0 aromatic rings. The molecule has 2 heterocycles.